The Morgan fingerprint density at radius 3 is 2.50 bits per heavy atom. The summed E-state index contributed by atoms with van der Waals surface area (Å²) in [5, 5.41) is 6.46. The summed E-state index contributed by atoms with van der Waals surface area (Å²) >= 11 is 1.79. The predicted octanol–water partition coefficient (Wildman–Crippen LogP) is 2.42. The Hall–Kier alpha value is -0.350. The second-order valence-corrected chi connectivity index (χ2v) is 8.62. The molecular formula is C14H26IN3O2S2. The fourth-order valence-electron chi connectivity index (χ4n) is 1.77. The lowest BCUT2D eigenvalue weighted by Crippen LogP contribution is -2.42. The van der Waals surface area contributed by atoms with E-state index in [1.807, 2.05) is 6.92 Å². The number of halogens is 1. The molecule has 0 saturated carbocycles. The molecule has 0 aliphatic rings. The van der Waals surface area contributed by atoms with Crippen molar-refractivity contribution in [3.05, 3.63) is 21.9 Å². The fraction of sp³-hybridized carbons (Fsp3) is 0.643. The van der Waals surface area contributed by atoms with Gasteiger partial charge in [0.25, 0.3) is 0 Å². The van der Waals surface area contributed by atoms with Crippen molar-refractivity contribution in [2.24, 2.45) is 4.99 Å². The molecule has 1 aromatic rings. The number of aryl methyl sites for hydroxylation is 1. The maximum atomic E-state index is 11.2. The topological polar surface area (TPSA) is 70.6 Å². The van der Waals surface area contributed by atoms with E-state index in [2.05, 4.69) is 34.7 Å². The normalized spacial score (nSPS) is 13.4. The lowest BCUT2D eigenvalue weighted by Gasteiger charge is -2.17. The van der Waals surface area contributed by atoms with E-state index in [9.17, 15) is 8.42 Å². The van der Waals surface area contributed by atoms with Gasteiger partial charge in [-0.3, -0.25) is 4.99 Å². The van der Waals surface area contributed by atoms with E-state index in [1.165, 1.54) is 16.0 Å². The van der Waals surface area contributed by atoms with Gasteiger partial charge in [-0.15, -0.1) is 35.3 Å². The molecule has 22 heavy (non-hydrogen) atoms. The summed E-state index contributed by atoms with van der Waals surface area (Å²) in [5.41, 5.74) is 0. The zero-order valence-electron chi connectivity index (χ0n) is 13.5. The number of nitrogens with one attached hydrogen (secondary N) is 2. The molecule has 0 aliphatic heterocycles. The van der Waals surface area contributed by atoms with Crippen LogP contribution in [0.2, 0.25) is 0 Å². The monoisotopic (exact) mass is 459 g/mol. The van der Waals surface area contributed by atoms with Crippen molar-refractivity contribution in [2.45, 2.75) is 39.3 Å². The van der Waals surface area contributed by atoms with Gasteiger partial charge in [0.05, 0.1) is 12.3 Å². The third kappa shape index (κ3) is 8.94. The van der Waals surface area contributed by atoms with Gasteiger partial charge in [-0.1, -0.05) is 6.92 Å². The average molecular weight is 459 g/mol. The van der Waals surface area contributed by atoms with E-state index in [1.54, 1.807) is 18.4 Å². The maximum Gasteiger partial charge on any atom is 0.191 e. The molecule has 1 heterocycles. The van der Waals surface area contributed by atoms with Crippen molar-refractivity contribution < 1.29 is 8.42 Å². The molecule has 2 N–H and O–H groups in total. The van der Waals surface area contributed by atoms with Crippen LogP contribution in [0.4, 0.5) is 0 Å². The first kappa shape index (κ1) is 21.6. The van der Waals surface area contributed by atoms with Gasteiger partial charge in [-0.2, -0.15) is 0 Å². The molecule has 1 rings (SSSR count). The van der Waals surface area contributed by atoms with E-state index in [0.29, 0.717) is 12.4 Å². The minimum Gasteiger partial charge on any atom is -0.354 e. The molecule has 0 fully saturated rings. The van der Waals surface area contributed by atoms with Gasteiger partial charge >= 0.3 is 0 Å². The van der Waals surface area contributed by atoms with Crippen molar-refractivity contribution >= 4 is 51.1 Å². The highest BCUT2D eigenvalue weighted by Crippen LogP contribution is 2.16. The van der Waals surface area contributed by atoms with Crippen LogP contribution in [0.3, 0.4) is 0 Å². The van der Waals surface area contributed by atoms with Gasteiger partial charge in [-0.05, 0) is 31.9 Å². The Bertz CT molecular complexity index is 570. The van der Waals surface area contributed by atoms with Crippen molar-refractivity contribution in [1.82, 2.24) is 10.6 Å². The van der Waals surface area contributed by atoms with Crippen molar-refractivity contribution in [3.63, 3.8) is 0 Å². The first-order chi connectivity index (χ1) is 9.84. The summed E-state index contributed by atoms with van der Waals surface area (Å²) in [5.74, 6) is 0.880. The van der Waals surface area contributed by atoms with Gasteiger partial charge < -0.3 is 10.6 Å². The molecular weight excluding hydrogens is 433 g/mol. The molecule has 0 aromatic carbocycles. The van der Waals surface area contributed by atoms with Crippen LogP contribution in [0, 0.1) is 0 Å². The zero-order chi connectivity index (χ0) is 15.9. The highest BCUT2D eigenvalue weighted by Gasteiger charge is 2.09. The summed E-state index contributed by atoms with van der Waals surface area (Å²) in [6.07, 6.45) is 2.88. The zero-order valence-corrected chi connectivity index (χ0v) is 17.5. The molecule has 5 nitrogen and oxygen atoms in total. The Balaban J connectivity index is 0.00000441. The van der Waals surface area contributed by atoms with E-state index in [4.69, 9.17) is 0 Å². The molecule has 0 aliphatic carbocycles. The smallest absolute Gasteiger partial charge is 0.191 e. The van der Waals surface area contributed by atoms with E-state index in [-0.39, 0.29) is 35.8 Å². The predicted molar refractivity (Wildman–Crippen MR) is 106 cm³/mol. The second kappa shape index (κ2) is 10.4. The third-order valence-electron chi connectivity index (χ3n) is 3.02. The molecule has 0 radical (unpaired) electrons. The van der Waals surface area contributed by atoms with E-state index < -0.39 is 9.84 Å². The van der Waals surface area contributed by atoms with E-state index >= 15 is 0 Å². The number of guanidine groups is 1. The van der Waals surface area contributed by atoms with Crippen molar-refractivity contribution in [3.8, 4) is 0 Å². The van der Waals surface area contributed by atoms with Crippen LogP contribution >= 0.6 is 35.3 Å². The van der Waals surface area contributed by atoms with Gasteiger partial charge in [-0.25, -0.2) is 8.42 Å². The fourth-order valence-corrected chi connectivity index (χ4v) is 3.45. The minimum atomic E-state index is -2.92. The van der Waals surface area contributed by atoms with Crippen LogP contribution < -0.4 is 10.6 Å². The number of hydrogen-bond donors (Lipinski definition) is 2. The van der Waals surface area contributed by atoms with Gasteiger partial charge in [0, 0.05) is 29.1 Å². The molecule has 0 saturated heterocycles. The number of sulfone groups is 1. The lowest BCUT2D eigenvalue weighted by molar-refractivity contribution is 0.581. The number of thiophene rings is 1. The maximum absolute atomic E-state index is 11.2. The van der Waals surface area contributed by atoms with Crippen LogP contribution in [-0.2, 0) is 22.8 Å². The first-order valence-corrected chi connectivity index (χ1v) is 9.94. The lowest BCUT2D eigenvalue weighted by atomic mass is 10.3. The quantitative estimate of drug-likeness (QED) is 0.373. The SMILES string of the molecule is CCc1ccc(CNC(=NC)NC(C)CCS(C)(=O)=O)s1.I. The van der Waals surface area contributed by atoms with Gasteiger partial charge in [0.2, 0.25) is 0 Å². The number of hydrogen-bond acceptors (Lipinski definition) is 4. The minimum absolute atomic E-state index is 0. The molecule has 8 heteroatoms. The summed E-state index contributed by atoms with van der Waals surface area (Å²) < 4.78 is 22.3. The van der Waals surface area contributed by atoms with Crippen LogP contribution in [0.25, 0.3) is 0 Å². The summed E-state index contributed by atoms with van der Waals surface area (Å²) in [6.45, 7) is 4.83. The molecule has 1 aromatic heterocycles. The molecule has 0 bridgehead atoms. The van der Waals surface area contributed by atoms with Crippen molar-refractivity contribution in [2.75, 3.05) is 19.1 Å². The highest BCUT2D eigenvalue weighted by molar-refractivity contribution is 14.0. The van der Waals surface area contributed by atoms with Crippen molar-refractivity contribution in [1.29, 1.82) is 0 Å². The number of rotatable bonds is 7. The van der Waals surface area contributed by atoms with Gasteiger partial charge in [0.15, 0.2) is 5.96 Å². The van der Waals surface area contributed by atoms with Crippen LogP contribution in [0.15, 0.2) is 17.1 Å². The van der Waals surface area contributed by atoms with Crippen LogP contribution in [-0.4, -0.2) is 39.5 Å². The van der Waals surface area contributed by atoms with E-state index in [0.717, 1.165) is 13.0 Å². The molecule has 1 unspecified atom stereocenters. The molecule has 128 valence electrons. The Morgan fingerprint density at radius 2 is 2.00 bits per heavy atom. The number of nitrogens with zero attached hydrogens (tertiary/aromatic N) is 1. The summed E-state index contributed by atoms with van der Waals surface area (Å²) in [7, 11) is -1.20. The second-order valence-electron chi connectivity index (χ2n) is 5.11. The van der Waals surface area contributed by atoms with Gasteiger partial charge in [0.1, 0.15) is 9.84 Å². The standard InChI is InChI=1S/C14H25N3O2S2.HI/c1-5-12-6-7-13(20-12)10-16-14(15-3)17-11(2)8-9-21(4,18)19;/h6-7,11H,5,8-10H2,1-4H3,(H2,15,16,17);1H. The van der Waals surface area contributed by atoms with Crippen LogP contribution in [0.5, 0.6) is 0 Å². The number of aliphatic imine (C=N–C) groups is 1. The average Bonchev–Trinajstić information content (AvgIpc) is 2.88. The largest absolute Gasteiger partial charge is 0.354 e. The molecule has 0 amide bonds. The third-order valence-corrected chi connectivity index (χ3v) is 5.23. The first-order valence-electron chi connectivity index (χ1n) is 7.06. The summed E-state index contributed by atoms with van der Waals surface area (Å²) in [6, 6.07) is 4.32. The Kier molecular flexibility index (Phi) is 10.3. The molecule has 1 atom stereocenters. The Labute approximate surface area is 154 Å². The highest BCUT2D eigenvalue weighted by atomic mass is 127. The van der Waals surface area contributed by atoms with Crippen LogP contribution in [0.1, 0.15) is 30.0 Å². The Morgan fingerprint density at radius 1 is 1.36 bits per heavy atom. The summed E-state index contributed by atoms with van der Waals surface area (Å²) in [4.78, 5) is 6.80. The molecule has 0 spiro atoms.